The third kappa shape index (κ3) is 4.18. The third-order valence-electron chi connectivity index (χ3n) is 3.83. The highest BCUT2D eigenvalue weighted by atomic mass is 16.6. The average Bonchev–Trinajstić information content (AvgIpc) is 2.66. The van der Waals surface area contributed by atoms with Gasteiger partial charge in [-0.05, 0) is 37.3 Å². The molecule has 1 unspecified atom stereocenters. The number of nitro groups is 1. The van der Waals surface area contributed by atoms with Crippen LogP contribution in [0.3, 0.4) is 0 Å². The molecule has 8 nitrogen and oxygen atoms in total. The van der Waals surface area contributed by atoms with E-state index >= 15 is 0 Å². The molecule has 0 spiro atoms. The van der Waals surface area contributed by atoms with Gasteiger partial charge in [0.2, 0.25) is 0 Å². The third-order valence-corrected chi connectivity index (χ3v) is 3.83. The lowest BCUT2D eigenvalue weighted by Crippen LogP contribution is -2.30. The van der Waals surface area contributed by atoms with Gasteiger partial charge in [0.25, 0.3) is 11.6 Å². The van der Waals surface area contributed by atoms with Crippen LogP contribution < -0.4 is 10.1 Å². The molecule has 2 aromatic carbocycles. The number of aliphatic hydroxyl groups is 1. The fourth-order valence-electron chi connectivity index (χ4n) is 2.57. The van der Waals surface area contributed by atoms with Crippen molar-refractivity contribution < 1.29 is 19.6 Å². The number of hydrogen-bond donors (Lipinski definition) is 2. The van der Waals surface area contributed by atoms with Crippen LogP contribution in [0.4, 0.5) is 5.69 Å². The van der Waals surface area contributed by atoms with E-state index in [2.05, 4.69) is 10.3 Å². The molecular formula is C19H17N3O5. The summed E-state index contributed by atoms with van der Waals surface area (Å²) in [5.74, 6) is 0.491. The monoisotopic (exact) mass is 367 g/mol. The highest BCUT2D eigenvalue weighted by Gasteiger charge is 2.16. The van der Waals surface area contributed by atoms with E-state index in [1.807, 2.05) is 0 Å². The van der Waals surface area contributed by atoms with E-state index < -0.39 is 11.0 Å². The second kappa shape index (κ2) is 7.79. The number of benzene rings is 2. The second-order valence-electron chi connectivity index (χ2n) is 5.95. The van der Waals surface area contributed by atoms with Crippen LogP contribution in [-0.4, -0.2) is 33.6 Å². The molecule has 0 bridgehead atoms. The number of hydrogen-bond acceptors (Lipinski definition) is 6. The Bertz CT molecular complexity index is 1000. The number of aromatic nitrogens is 1. The Morgan fingerprint density at radius 3 is 2.85 bits per heavy atom. The van der Waals surface area contributed by atoms with Crippen molar-refractivity contribution in [3.8, 4) is 11.5 Å². The van der Waals surface area contributed by atoms with Crippen LogP contribution >= 0.6 is 0 Å². The number of nitro benzene ring substituents is 1. The largest absolute Gasteiger partial charge is 0.457 e. The van der Waals surface area contributed by atoms with Gasteiger partial charge >= 0.3 is 0 Å². The summed E-state index contributed by atoms with van der Waals surface area (Å²) >= 11 is 0. The molecule has 0 aliphatic heterocycles. The fourth-order valence-corrected chi connectivity index (χ4v) is 2.57. The average molecular weight is 367 g/mol. The molecule has 1 heterocycles. The maximum atomic E-state index is 12.1. The first-order chi connectivity index (χ1) is 13.0. The van der Waals surface area contributed by atoms with Gasteiger partial charge in [-0.3, -0.25) is 19.9 Å². The summed E-state index contributed by atoms with van der Waals surface area (Å²) in [6, 6.07) is 11.0. The van der Waals surface area contributed by atoms with Crippen molar-refractivity contribution in [2.45, 2.75) is 13.0 Å². The number of nitrogens with one attached hydrogen (secondary N) is 1. The molecule has 0 fully saturated rings. The molecule has 0 aliphatic rings. The van der Waals surface area contributed by atoms with Gasteiger partial charge in [-0.2, -0.15) is 0 Å². The van der Waals surface area contributed by atoms with Gasteiger partial charge in [0.15, 0.2) is 0 Å². The summed E-state index contributed by atoms with van der Waals surface area (Å²) in [5, 5.41) is 24.0. The van der Waals surface area contributed by atoms with Crippen molar-refractivity contribution >= 4 is 22.4 Å². The molecule has 0 radical (unpaired) electrons. The number of rotatable bonds is 6. The highest BCUT2D eigenvalue weighted by molar-refractivity contribution is 5.95. The minimum Gasteiger partial charge on any atom is -0.457 e. The SMILES string of the molecule is CC(O)CNC(=O)c1cccc(Oc2ccc([N+](=O)[O-])c3cnccc23)c1. The molecule has 1 amide bonds. The zero-order valence-corrected chi connectivity index (χ0v) is 14.5. The van der Waals surface area contributed by atoms with Gasteiger partial charge in [0.1, 0.15) is 11.5 Å². The summed E-state index contributed by atoms with van der Waals surface area (Å²) < 4.78 is 5.86. The van der Waals surface area contributed by atoms with Crippen LogP contribution in [0.25, 0.3) is 10.8 Å². The Labute approximate surface area is 154 Å². The molecule has 1 atom stereocenters. The molecule has 0 saturated carbocycles. The topological polar surface area (TPSA) is 115 Å². The number of pyridine rings is 1. The quantitative estimate of drug-likeness (QED) is 0.511. The van der Waals surface area contributed by atoms with Crippen molar-refractivity contribution in [2.24, 2.45) is 0 Å². The lowest BCUT2D eigenvalue weighted by atomic mass is 10.1. The maximum Gasteiger partial charge on any atom is 0.279 e. The van der Waals surface area contributed by atoms with Gasteiger partial charge in [-0.25, -0.2) is 0 Å². The van der Waals surface area contributed by atoms with E-state index in [0.29, 0.717) is 27.8 Å². The smallest absolute Gasteiger partial charge is 0.279 e. The van der Waals surface area contributed by atoms with Gasteiger partial charge in [-0.15, -0.1) is 0 Å². The predicted octanol–water partition coefficient (Wildman–Crippen LogP) is 3.05. The van der Waals surface area contributed by atoms with Crippen LogP contribution in [0.15, 0.2) is 54.9 Å². The Morgan fingerprint density at radius 1 is 1.30 bits per heavy atom. The molecule has 3 rings (SSSR count). The van der Waals surface area contributed by atoms with E-state index in [-0.39, 0.29) is 18.1 Å². The van der Waals surface area contributed by atoms with Gasteiger partial charge < -0.3 is 15.2 Å². The molecule has 8 heteroatoms. The summed E-state index contributed by atoms with van der Waals surface area (Å²) in [4.78, 5) is 26.8. The summed E-state index contributed by atoms with van der Waals surface area (Å²) in [6.07, 6.45) is 2.30. The van der Waals surface area contributed by atoms with E-state index in [9.17, 15) is 20.0 Å². The van der Waals surface area contributed by atoms with Gasteiger partial charge in [0, 0.05) is 36.0 Å². The minimum atomic E-state index is -0.645. The van der Waals surface area contributed by atoms with Gasteiger partial charge in [0.05, 0.1) is 16.4 Å². The van der Waals surface area contributed by atoms with E-state index in [1.165, 1.54) is 24.5 Å². The Kier molecular flexibility index (Phi) is 5.28. The number of ether oxygens (including phenoxy) is 1. The molecule has 2 N–H and O–H groups in total. The highest BCUT2D eigenvalue weighted by Crippen LogP contribution is 2.34. The second-order valence-corrected chi connectivity index (χ2v) is 5.95. The first-order valence-electron chi connectivity index (χ1n) is 8.21. The summed E-state index contributed by atoms with van der Waals surface area (Å²) in [6.45, 7) is 1.72. The number of amides is 1. The first-order valence-corrected chi connectivity index (χ1v) is 8.21. The fraction of sp³-hybridized carbons (Fsp3) is 0.158. The summed E-state index contributed by atoms with van der Waals surface area (Å²) in [5.41, 5.74) is 0.317. The molecule has 0 aliphatic carbocycles. The van der Waals surface area contributed by atoms with Crippen LogP contribution in [0.5, 0.6) is 11.5 Å². The number of carbonyl (C=O) groups is 1. The number of non-ortho nitro benzene ring substituents is 1. The Morgan fingerprint density at radius 2 is 2.11 bits per heavy atom. The molecule has 138 valence electrons. The number of aliphatic hydroxyl groups excluding tert-OH is 1. The lowest BCUT2D eigenvalue weighted by molar-refractivity contribution is -0.383. The first kappa shape index (κ1) is 18.3. The van der Waals surface area contributed by atoms with Crippen LogP contribution in [0.2, 0.25) is 0 Å². The lowest BCUT2D eigenvalue weighted by Gasteiger charge is -2.11. The van der Waals surface area contributed by atoms with Crippen LogP contribution in [0.1, 0.15) is 17.3 Å². The van der Waals surface area contributed by atoms with Crippen LogP contribution in [-0.2, 0) is 0 Å². The molecule has 3 aromatic rings. The van der Waals surface area contributed by atoms with Crippen molar-refractivity contribution in [2.75, 3.05) is 6.54 Å². The van der Waals surface area contributed by atoms with E-state index in [1.54, 1.807) is 37.3 Å². The standard InChI is InChI=1S/C19H17N3O5/c1-12(23)10-21-19(24)13-3-2-4-14(9-13)27-18-6-5-17(22(25)26)16-11-20-8-7-15(16)18/h2-9,11-12,23H,10H2,1H3,(H,21,24). The summed E-state index contributed by atoms with van der Waals surface area (Å²) in [7, 11) is 0. The number of nitrogens with zero attached hydrogens (tertiary/aromatic N) is 2. The zero-order chi connectivity index (χ0) is 19.4. The Balaban J connectivity index is 1.90. The van der Waals surface area contributed by atoms with Crippen molar-refractivity contribution in [1.82, 2.24) is 10.3 Å². The van der Waals surface area contributed by atoms with E-state index in [4.69, 9.17) is 4.74 Å². The molecule has 0 saturated heterocycles. The van der Waals surface area contributed by atoms with Crippen LogP contribution in [0, 0.1) is 10.1 Å². The van der Waals surface area contributed by atoms with Crippen molar-refractivity contribution in [3.05, 3.63) is 70.5 Å². The van der Waals surface area contributed by atoms with E-state index in [0.717, 1.165) is 0 Å². The molecular weight excluding hydrogens is 350 g/mol. The predicted molar refractivity (Wildman–Crippen MR) is 98.9 cm³/mol. The number of carbonyl (C=O) groups excluding carboxylic acids is 1. The Hall–Kier alpha value is -3.52. The number of fused-ring (bicyclic) bond motifs is 1. The van der Waals surface area contributed by atoms with Crippen molar-refractivity contribution in [1.29, 1.82) is 0 Å². The van der Waals surface area contributed by atoms with Gasteiger partial charge in [-0.1, -0.05) is 6.07 Å². The normalized spacial score (nSPS) is 11.8. The van der Waals surface area contributed by atoms with Crippen molar-refractivity contribution in [3.63, 3.8) is 0 Å². The molecule has 1 aromatic heterocycles. The molecule has 27 heavy (non-hydrogen) atoms. The zero-order valence-electron chi connectivity index (χ0n) is 14.5. The minimum absolute atomic E-state index is 0.0586. The maximum absolute atomic E-state index is 12.1.